The molecule has 1 saturated carbocycles. The van der Waals surface area contributed by atoms with Crippen molar-refractivity contribution in [2.75, 3.05) is 6.54 Å². The molecular formula is C12H12Cl2N2O3. The minimum Gasteiger partial charge on any atom is -0.336 e. The highest BCUT2D eigenvalue weighted by molar-refractivity contribution is 6.43. The van der Waals surface area contributed by atoms with E-state index >= 15 is 0 Å². The molecule has 0 aromatic heterocycles. The summed E-state index contributed by atoms with van der Waals surface area (Å²) in [7, 11) is 0. The monoisotopic (exact) mass is 302 g/mol. The molecule has 0 saturated heterocycles. The van der Waals surface area contributed by atoms with Gasteiger partial charge < -0.3 is 4.90 Å². The molecule has 7 heteroatoms. The van der Waals surface area contributed by atoms with E-state index in [0.717, 1.165) is 12.8 Å². The number of nitro benzene ring substituents is 1. The topological polar surface area (TPSA) is 63.5 Å². The molecule has 2 rings (SSSR count). The van der Waals surface area contributed by atoms with E-state index < -0.39 is 4.92 Å². The van der Waals surface area contributed by atoms with Gasteiger partial charge in [-0.05, 0) is 25.8 Å². The number of hydrogen-bond acceptors (Lipinski definition) is 3. The molecule has 0 radical (unpaired) electrons. The Hall–Kier alpha value is -1.33. The largest absolute Gasteiger partial charge is 0.336 e. The minimum atomic E-state index is -0.640. The van der Waals surface area contributed by atoms with Gasteiger partial charge in [0.25, 0.3) is 11.6 Å². The van der Waals surface area contributed by atoms with Gasteiger partial charge in [0.05, 0.1) is 9.95 Å². The van der Waals surface area contributed by atoms with E-state index in [1.807, 2.05) is 6.92 Å². The van der Waals surface area contributed by atoms with Crippen LogP contribution in [-0.2, 0) is 0 Å². The van der Waals surface area contributed by atoms with E-state index in [-0.39, 0.29) is 33.2 Å². The molecule has 1 fully saturated rings. The summed E-state index contributed by atoms with van der Waals surface area (Å²) >= 11 is 11.6. The van der Waals surface area contributed by atoms with Gasteiger partial charge in [0.1, 0.15) is 5.02 Å². The predicted molar refractivity (Wildman–Crippen MR) is 72.8 cm³/mol. The lowest BCUT2D eigenvalue weighted by molar-refractivity contribution is -0.384. The van der Waals surface area contributed by atoms with Crippen LogP contribution in [0.15, 0.2) is 12.1 Å². The normalized spacial score (nSPS) is 14.3. The van der Waals surface area contributed by atoms with Crippen LogP contribution in [0.1, 0.15) is 30.1 Å². The fraction of sp³-hybridized carbons (Fsp3) is 0.417. The first-order valence-electron chi connectivity index (χ1n) is 5.90. The average molecular weight is 303 g/mol. The van der Waals surface area contributed by atoms with Crippen LogP contribution in [0, 0.1) is 10.1 Å². The van der Waals surface area contributed by atoms with Crippen LogP contribution in [0.2, 0.25) is 10.0 Å². The molecule has 1 aromatic carbocycles. The summed E-state index contributed by atoms with van der Waals surface area (Å²) in [4.78, 5) is 24.2. The maximum atomic E-state index is 12.3. The van der Waals surface area contributed by atoms with E-state index in [2.05, 4.69) is 0 Å². The van der Waals surface area contributed by atoms with Gasteiger partial charge in [-0.25, -0.2) is 0 Å². The number of carbonyl (C=O) groups is 1. The van der Waals surface area contributed by atoms with E-state index in [4.69, 9.17) is 23.2 Å². The molecule has 0 bridgehead atoms. The van der Waals surface area contributed by atoms with E-state index in [1.54, 1.807) is 4.90 Å². The second kappa shape index (κ2) is 5.35. The summed E-state index contributed by atoms with van der Waals surface area (Å²) in [6, 6.07) is 2.80. The maximum Gasteiger partial charge on any atom is 0.290 e. The lowest BCUT2D eigenvalue weighted by Crippen LogP contribution is -2.32. The van der Waals surface area contributed by atoms with Crippen molar-refractivity contribution in [2.45, 2.75) is 25.8 Å². The highest BCUT2D eigenvalue weighted by Gasteiger charge is 2.33. The number of amides is 1. The Morgan fingerprint density at radius 2 is 2.11 bits per heavy atom. The molecule has 19 heavy (non-hydrogen) atoms. The third-order valence-corrected chi connectivity index (χ3v) is 3.83. The molecule has 0 heterocycles. The predicted octanol–water partition coefficient (Wildman–Crippen LogP) is 3.53. The fourth-order valence-electron chi connectivity index (χ4n) is 1.95. The van der Waals surface area contributed by atoms with Gasteiger partial charge in [0, 0.05) is 24.2 Å². The maximum absolute atomic E-state index is 12.3. The van der Waals surface area contributed by atoms with Crippen molar-refractivity contribution in [3.8, 4) is 0 Å². The van der Waals surface area contributed by atoms with Crippen LogP contribution in [0.4, 0.5) is 5.69 Å². The van der Waals surface area contributed by atoms with Crippen molar-refractivity contribution in [1.82, 2.24) is 4.90 Å². The van der Waals surface area contributed by atoms with E-state index in [0.29, 0.717) is 6.54 Å². The van der Waals surface area contributed by atoms with Crippen LogP contribution in [0.25, 0.3) is 0 Å². The Kier molecular flexibility index (Phi) is 3.96. The van der Waals surface area contributed by atoms with Crippen LogP contribution < -0.4 is 0 Å². The zero-order valence-electron chi connectivity index (χ0n) is 10.2. The summed E-state index contributed by atoms with van der Waals surface area (Å²) < 4.78 is 0. The number of carbonyl (C=O) groups excluding carboxylic acids is 1. The number of nitrogens with zero attached hydrogens (tertiary/aromatic N) is 2. The van der Waals surface area contributed by atoms with Crippen LogP contribution in [-0.4, -0.2) is 28.3 Å². The highest BCUT2D eigenvalue weighted by Crippen LogP contribution is 2.34. The third kappa shape index (κ3) is 2.82. The molecule has 102 valence electrons. The first-order chi connectivity index (χ1) is 8.95. The molecule has 0 N–H and O–H groups in total. The van der Waals surface area contributed by atoms with Gasteiger partial charge in [-0.2, -0.15) is 0 Å². The molecule has 1 aliphatic rings. The van der Waals surface area contributed by atoms with Crippen molar-refractivity contribution in [3.63, 3.8) is 0 Å². The molecular weight excluding hydrogens is 291 g/mol. The number of nitro groups is 1. The lowest BCUT2D eigenvalue weighted by atomic mass is 10.1. The Morgan fingerprint density at radius 1 is 1.47 bits per heavy atom. The van der Waals surface area contributed by atoms with Gasteiger partial charge in [0.2, 0.25) is 0 Å². The summed E-state index contributed by atoms with van der Waals surface area (Å²) in [5.74, 6) is -0.244. The van der Waals surface area contributed by atoms with Crippen molar-refractivity contribution >= 4 is 34.8 Å². The molecule has 0 atom stereocenters. The summed E-state index contributed by atoms with van der Waals surface area (Å²) in [6.45, 7) is 2.44. The molecule has 1 aromatic rings. The molecule has 0 aliphatic heterocycles. The summed E-state index contributed by atoms with van der Waals surface area (Å²) in [6.07, 6.45) is 1.95. The van der Waals surface area contributed by atoms with Gasteiger partial charge in [-0.1, -0.05) is 23.2 Å². The average Bonchev–Trinajstić information content (AvgIpc) is 3.17. The Balaban J connectivity index is 2.39. The molecule has 0 spiro atoms. The number of rotatable bonds is 4. The molecule has 1 amide bonds. The minimum absolute atomic E-state index is 0.0195. The number of hydrogen-bond donors (Lipinski definition) is 0. The zero-order chi connectivity index (χ0) is 14.2. The van der Waals surface area contributed by atoms with Gasteiger partial charge in [-0.3, -0.25) is 14.9 Å². The van der Waals surface area contributed by atoms with Crippen LogP contribution >= 0.6 is 23.2 Å². The first kappa shape index (κ1) is 14.1. The van der Waals surface area contributed by atoms with Crippen LogP contribution in [0.5, 0.6) is 0 Å². The SMILES string of the molecule is CCN(C(=O)c1cc(Cl)c(Cl)c([N+](=O)[O-])c1)C1CC1. The fourth-order valence-corrected chi connectivity index (χ4v) is 2.34. The Labute approximate surface area is 120 Å². The molecule has 0 unspecified atom stereocenters. The van der Waals surface area contributed by atoms with Crippen molar-refractivity contribution in [1.29, 1.82) is 0 Å². The highest BCUT2D eigenvalue weighted by atomic mass is 35.5. The van der Waals surface area contributed by atoms with Gasteiger partial charge in [0.15, 0.2) is 0 Å². The summed E-state index contributed by atoms with van der Waals surface area (Å²) in [5, 5.41) is 10.8. The van der Waals surface area contributed by atoms with E-state index in [9.17, 15) is 14.9 Å². The summed E-state index contributed by atoms with van der Waals surface area (Å²) in [5.41, 5.74) is -0.140. The number of benzene rings is 1. The standard InChI is InChI=1S/C12H12Cl2N2O3/c1-2-15(8-3-4-8)12(17)7-5-9(13)11(14)10(6-7)16(18)19/h5-6,8H,2-4H2,1H3. The zero-order valence-corrected chi connectivity index (χ0v) is 11.7. The Bertz CT molecular complexity index is 544. The molecule has 1 aliphatic carbocycles. The van der Waals surface area contributed by atoms with Crippen molar-refractivity contribution < 1.29 is 9.72 Å². The first-order valence-corrected chi connectivity index (χ1v) is 6.65. The van der Waals surface area contributed by atoms with E-state index in [1.165, 1.54) is 12.1 Å². The lowest BCUT2D eigenvalue weighted by Gasteiger charge is -2.20. The van der Waals surface area contributed by atoms with Crippen LogP contribution in [0.3, 0.4) is 0 Å². The third-order valence-electron chi connectivity index (χ3n) is 3.04. The number of halogens is 2. The second-order valence-corrected chi connectivity index (χ2v) is 5.16. The second-order valence-electron chi connectivity index (χ2n) is 4.37. The van der Waals surface area contributed by atoms with Gasteiger partial charge >= 0.3 is 0 Å². The Morgan fingerprint density at radius 3 is 2.58 bits per heavy atom. The molecule has 5 nitrogen and oxygen atoms in total. The smallest absolute Gasteiger partial charge is 0.290 e. The quantitative estimate of drug-likeness (QED) is 0.631. The van der Waals surface area contributed by atoms with Gasteiger partial charge in [-0.15, -0.1) is 0 Å². The van der Waals surface area contributed by atoms with Crippen molar-refractivity contribution in [3.05, 3.63) is 37.9 Å². The van der Waals surface area contributed by atoms with Crippen molar-refractivity contribution in [2.24, 2.45) is 0 Å².